The lowest BCUT2D eigenvalue weighted by Gasteiger charge is -2.45. The van der Waals surface area contributed by atoms with Crippen molar-refractivity contribution in [3.63, 3.8) is 0 Å². The predicted molar refractivity (Wildman–Crippen MR) is 142 cm³/mol. The number of nitrogens with one attached hydrogen (secondary N) is 1. The molecule has 7 rings (SSSR count). The number of likely N-dealkylation sites (tertiary alicyclic amines) is 1. The first kappa shape index (κ1) is 23.0. The van der Waals surface area contributed by atoms with E-state index >= 15 is 0 Å². The summed E-state index contributed by atoms with van der Waals surface area (Å²) >= 11 is 1.61. The number of amides is 3. The van der Waals surface area contributed by atoms with Crippen LogP contribution in [0.25, 0.3) is 0 Å². The summed E-state index contributed by atoms with van der Waals surface area (Å²) in [7, 11) is 0. The molecule has 0 unspecified atom stereocenters. The van der Waals surface area contributed by atoms with Crippen LogP contribution in [-0.2, 0) is 14.4 Å². The molecule has 1 heterocycles. The topological polar surface area (TPSA) is 66.5 Å². The highest BCUT2D eigenvalue weighted by molar-refractivity contribution is 7.98. The summed E-state index contributed by atoms with van der Waals surface area (Å²) < 4.78 is 0. The monoisotopic (exact) mass is 496 g/mol. The first-order valence-corrected chi connectivity index (χ1v) is 13.8. The number of imide groups is 1. The molecule has 0 aromatic heterocycles. The fourth-order valence-corrected chi connectivity index (χ4v) is 7.00. The summed E-state index contributed by atoms with van der Waals surface area (Å²) in [6, 6.07) is 23.1. The molecular weight excluding hydrogens is 468 g/mol. The van der Waals surface area contributed by atoms with Gasteiger partial charge in [0.1, 0.15) is 6.04 Å². The molecule has 1 fully saturated rings. The summed E-state index contributed by atoms with van der Waals surface area (Å²) in [5.41, 5.74) is 6.18. The molecule has 0 spiro atoms. The number of para-hydroxylation sites is 1. The zero-order valence-electron chi connectivity index (χ0n) is 20.3. The molecule has 3 aliphatic carbocycles. The van der Waals surface area contributed by atoms with Gasteiger partial charge in [0.15, 0.2) is 0 Å². The van der Waals surface area contributed by atoms with Gasteiger partial charge in [0.25, 0.3) is 0 Å². The summed E-state index contributed by atoms with van der Waals surface area (Å²) in [4.78, 5) is 43.1. The minimum absolute atomic E-state index is 0.172. The zero-order chi connectivity index (χ0) is 25.0. The maximum Gasteiger partial charge on any atom is 0.247 e. The molecule has 182 valence electrons. The van der Waals surface area contributed by atoms with E-state index in [1.54, 1.807) is 11.8 Å². The molecule has 6 heteroatoms. The Labute approximate surface area is 215 Å². The number of aryl methyl sites for hydroxylation is 1. The highest BCUT2D eigenvalue weighted by atomic mass is 32.2. The quantitative estimate of drug-likeness (QED) is 0.491. The van der Waals surface area contributed by atoms with Gasteiger partial charge in [0, 0.05) is 17.5 Å². The number of hydrogen-bond donors (Lipinski definition) is 1. The van der Waals surface area contributed by atoms with E-state index in [-0.39, 0.29) is 29.6 Å². The number of carbonyl (C=O) groups is 3. The third kappa shape index (κ3) is 3.34. The Balaban J connectivity index is 1.41. The second kappa shape index (κ2) is 8.93. The van der Waals surface area contributed by atoms with Crippen LogP contribution in [0.3, 0.4) is 0 Å². The number of nitrogens with zero attached hydrogens (tertiary/aromatic N) is 1. The van der Waals surface area contributed by atoms with Crippen molar-refractivity contribution in [1.82, 2.24) is 4.90 Å². The van der Waals surface area contributed by atoms with Crippen molar-refractivity contribution in [3.8, 4) is 0 Å². The van der Waals surface area contributed by atoms with Gasteiger partial charge in [-0.15, -0.1) is 0 Å². The molecule has 3 aromatic rings. The van der Waals surface area contributed by atoms with Gasteiger partial charge in [-0.25, -0.2) is 0 Å². The van der Waals surface area contributed by atoms with Gasteiger partial charge in [-0.2, -0.15) is 11.8 Å². The Morgan fingerprint density at radius 1 is 0.833 bits per heavy atom. The Morgan fingerprint density at radius 2 is 1.31 bits per heavy atom. The summed E-state index contributed by atoms with van der Waals surface area (Å²) in [6.45, 7) is 1.93. The van der Waals surface area contributed by atoms with Crippen LogP contribution in [0, 0.1) is 18.8 Å². The number of carbonyl (C=O) groups excluding carboxylic acids is 3. The van der Waals surface area contributed by atoms with Crippen LogP contribution in [0.1, 0.15) is 46.1 Å². The van der Waals surface area contributed by atoms with Gasteiger partial charge < -0.3 is 5.32 Å². The minimum Gasteiger partial charge on any atom is -0.324 e. The van der Waals surface area contributed by atoms with Crippen molar-refractivity contribution in [2.75, 3.05) is 17.3 Å². The smallest absolute Gasteiger partial charge is 0.247 e. The number of hydrogen-bond acceptors (Lipinski definition) is 4. The molecule has 0 radical (unpaired) electrons. The van der Waals surface area contributed by atoms with E-state index in [0.717, 1.165) is 27.8 Å². The van der Waals surface area contributed by atoms with E-state index in [4.69, 9.17) is 0 Å². The molecule has 0 saturated carbocycles. The van der Waals surface area contributed by atoms with Crippen LogP contribution in [0.5, 0.6) is 0 Å². The molecule has 4 aliphatic rings. The molecule has 1 aliphatic heterocycles. The van der Waals surface area contributed by atoms with E-state index in [0.29, 0.717) is 17.9 Å². The molecule has 1 N–H and O–H groups in total. The van der Waals surface area contributed by atoms with Crippen LogP contribution in [0.2, 0.25) is 0 Å². The van der Waals surface area contributed by atoms with E-state index in [9.17, 15) is 14.4 Å². The maximum atomic E-state index is 14.1. The lowest BCUT2D eigenvalue weighted by Crippen LogP contribution is -2.48. The summed E-state index contributed by atoms with van der Waals surface area (Å²) in [5, 5.41) is 3.00. The highest BCUT2D eigenvalue weighted by Crippen LogP contribution is 2.61. The van der Waals surface area contributed by atoms with Crippen molar-refractivity contribution in [2.24, 2.45) is 11.8 Å². The number of benzene rings is 3. The lowest BCUT2D eigenvalue weighted by molar-refractivity contribution is -0.146. The van der Waals surface area contributed by atoms with Crippen LogP contribution < -0.4 is 5.32 Å². The number of thioether (sulfide) groups is 1. The average molecular weight is 497 g/mol. The van der Waals surface area contributed by atoms with E-state index in [1.807, 2.05) is 61.7 Å². The molecule has 2 bridgehead atoms. The lowest BCUT2D eigenvalue weighted by atomic mass is 9.55. The molecular formula is C30H28N2O3S. The molecule has 3 atom stereocenters. The van der Waals surface area contributed by atoms with Crippen molar-refractivity contribution in [3.05, 3.63) is 101 Å². The largest absolute Gasteiger partial charge is 0.324 e. The molecule has 3 aromatic carbocycles. The van der Waals surface area contributed by atoms with Gasteiger partial charge >= 0.3 is 0 Å². The Morgan fingerprint density at radius 3 is 1.78 bits per heavy atom. The highest BCUT2D eigenvalue weighted by Gasteiger charge is 2.62. The zero-order valence-corrected chi connectivity index (χ0v) is 21.1. The average Bonchev–Trinajstić information content (AvgIpc) is 3.16. The van der Waals surface area contributed by atoms with E-state index in [1.165, 1.54) is 4.90 Å². The van der Waals surface area contributed by atoms with E-state index in [2.05, 4.69) is 29.6 Å². The Hall–Kier alpha value is -3.38. The standard InChI is InChI=1S/C30H28N2O3S/c1-17-9-3-8-14-22(17)31-28(33)23(15-16-36-2)32-29(34)26-24-18-10-4-5-11-19(18)25(27(26)30(32)35)21-13-7-6-12-20(21)24/h3-14,23-27H,15-16H2,1-2H3,(H,31,33)/t23-,24?,25?,26-,27+/m0/s1. The minimum atomic E-state index is -0.840. The Kier molecular flexibility index (Phi) is 5.72. The first-order valence-electron chi connectivity index (χ1n) is 12.4. The first-order chi connectivity index (χ1) is 17.5. The Bertz CT molecular complexity index is 1270. The van der Waals surface area contributed by atoms with Gasteiger partial charge in [-0.3, -0.25) is 19.3 Å². The van der Waals surface area contributed by atoms with Crippen molar-refractivity contribution in [1.29, 1.82) is 0 Å². The van der Waals surface area contributed by atoms with Crippen molar-refractivity contribution >= 4 is 35.2 Å². The van der Waals surface area contributed by atoms with Gasteiger partial charge in [-0.05, 0) is 59.2 Å². The molecule has 36 heavy (non-hydrogen) atoms. The van der Waals surface area contributed by atoms with Crippen molar-refractivity contribution < 1.29 is 14.4 Å². The van der Waals surface area contributed by atoms with Crippen LogP contribution >= 0.6 is 11.8 Å². The fraction of sp³-hybridized carbons (Fsp3) is 0.300. The number of rotatable bonds is 6. The molecule has 5 nitrogen and oxygen atoms in total. The summed E-state index contributed by atoms with van der Waals surface area (Å²) in [5.74, 6) is -1.35. The van der Waals surface area contributed by atoms with E-state index < -0.39 is 17.9 Å². The van der Waals surface area contributed by atoms with Gasteiger partial charge in [0.05, 0.1) is 11.8 Å². The predicted octanol–water partition coefficient (Wildman–Crippen LogP) is 4.95. The fourth-order valence-electron chi connectivity index (χ4n) is 6.54. The maximum absolute atomic E-state index is 14.1. The van der Waals surface area contributed by atoms with Crippen LogP contribution in [0.15, 0.2) is 72.8 Å². The summed E-state index contributed by atoms with van der Waals surface area (Å²) in [6.07, 6.45) is 2.39. The van der Waals surface area contributed by atoms with Gasteiger partial charge in [0.2, 0.25) is 17.7 Å². The number of anilines is 1. The molecule has 3 amide bonds. The second-order valence-electron chi connectivity index (χ2n) is 9.91. The normalized spacial score (nSPS) is 24.2. The SMILES string of the molecule is CSCC[C@@H](C(=O)Nc1ccccc1C)N1C(=O)[C@@H]2C3c4ccccc4C(c4ccccc43)[C@@H]2C1=O. The van der Waals surface area contributed by atoms with Crippen LogP contribution in [-0.4, -0.2) is 40.7 Å². The molecule has 1 saturated heterocycles. The van der Waals surface area contributed by atoms with Crippen LogP contribution in [0.4, 0.5) is 5.69 Å². The second-order valence-corrected chi connectivity index (χ2v) is 10.9. The third-order valence-corrected chi connectivity index (χ3v) is 8.74. The van der Waals surface area contributed by atoms with Crippen molar-refractivity contribution in [2.45, 2.75) is 31.2 Å². The van der Waals surface area contributed by atoms with Gasteiger partial charge in [-0.1, -0.05) is 66.7 Å². The third-order valence-electron chi connectivity index (χ3n) is 8.10.